The maximum Gasteiger partial charge on any atom is 0.332 e. The standard InChI is InChI=1S/C9H19O4Si2/c1-8(2)9(11)12-7-14(6-10)13-15(3,4)5/h10H,1,6-7H2,2-5H3. The lowest BCUT2D eigenvalue weighted by Crippen LogP contribution is -2.41. The van der Waals surface area contributed by atoms with Crippen LogP contribution in [0.1, 0.15) is 6.92 Å². The zero-order valence-electron chi connectivity index (χ0n) is 9.79. The number of rotatable bonds is 6. The molecular weight excluding hydrogens is 228 g/mol. The molecule has 0 spiro atoms. The molecule has 0 aromatic heterocycles. The molecule has 15 heavy (non-hydrogen) atoms. The Balaban J connectivity index is 4.01. The van der Waals surface area contributed by atoms with E-state index in [4.69, 9.17) is 14.0 Å². The third kappa shape index (κ3) is 7.49. The van der Waals surface area contributed by atoms with Crippen LogP contribution in [0.3, 0.4) is 0 Å². The fraction of sp³-hybridized carbons (Fsp3) is 0.667. The highest BCUT2D eigenvalue weighted by atomic mass is 28.4. The lowest BCUT2D eigenvalue weighted by atomic mass is 10.4. The van der Waals surface area contributed by atoms with Crippen molar-refractivity contribution in [3.05, 3.63) is 12.2 Å². The van der Waals surface area contributed by atoms with Crippen molar-refractivity contribution in [2.75, 3.05) is 12.5 Å². The molecule has 6 heteroatoms. The molecule has 0 saturated heterocycles. The first-order valence-electron chi connectivity index (χ1n) is 4.73. The molecule has 0 amide bonds. The topological polar surface area (TPSA) is 55.8 Å². The van der Waals surface area contributed by atoms with E-state index in [-0.39, 0.29) is 12.5 Å². The molecule has 0 aromatic rings. The van der Waals surface area contributed by atoms with Gasteiger partial charge in [0.25, 0.3) is 9.04 Å². The highest BCUT2D eigenvalue weighted by molar-refractivity contribution is 6.77. The van der Waals surface area contributed by atoms with Crippen molar-refractivity contribution in [3.8, 4) is 0 Å². The second-order valence-corrected chi connectivity index (χ2v) is 11.0. The van der Waals surface area contributed by atoms with Crippen LogP contribution in [-0.4, -0.2) is 40.9 Å². The SMILES string of the molecule is C=C(C)C(=O)OC[Si](CO)O[Si](C)(C)C. The number of aliphatic hydroxyl groups excluding tert-OH is 1. The van der Waals surface area contributed by atoms with Crippen molar-refractivity contribution >= 4 is 23.3 Å². The number of esters is 1. The summed E-state index contributed by atoms with van der Waals surface area (Å²) >= 11 is 0. The third-order valence-electron chi connectivity index (χ3n) is 1.34. The molecule has 87 valence electrons. The Morgan fingerprint density at radius 1 is 1.47 bits per heavy atom. The predicted octanol–water partition coefficient (Wildman–Crippen LogP) is 1.02. The minimum atomic E-state index is -1.67. The molecule has 0 unspecified atom stereocenters. The van der Waals surface area contributed by atoms with E-state index in [9.17, 15) is 4.79 Å². The second kappa shape index (κ2) is 6.21. The van der Waals surface area contributed by atoms with Crippen LogP contribution in [0.15, 0.2) is 12.2 Å². The zero-order valence-corrected chi connectivity index (χ0v) is 11.8. The highest BCUT2D eigenvalue weighted by Crippen LogP contribution is 2.05. The summed E-state index contributed by atoms with van der Waals surface area (Å²) in [6, 6.07) is 0. The summed E-state index contributed by atoms with van der Waals surface area (Å²) in [5.74, 6) is -0.426. The average Bonchev–Trinajstić information content (AvgIpc) is 2.09. The fourth-order valence-corrected chi connectivity index (χ4v) is 5.15. The summed E-state index contributed by atoms with van der Waals surface area (Å²) < 4.78 is 10.6. The predicted molar refractivity (Wildman–Crippen MR) is 63.0 cm³/mol. The Morgan fingerprint density at radius 3 is 2.33 bits per heavy atom. The van der Waals surface area contributed by atoms with Crippen molar-refractivity contribution in [3.63, 3.8) is 0 Å². The normalized spacial score (nSPS) is 11.6. The average molecular weight is 247 g/mol. The van der Waals surface area contributed by atoms with Gasteiger partial charge in [-0.25, -0.2) is 4.79 Å². The third-order valence-corrected chi connectivity index (χ3v) is 5.76. The summed E-state index contributed by atoms with van der Waals surface area (Å²) in [5.41, 5.74) is 0.363. The van der Waals surface area contributed by atoms with Crippen molar-refractivity contribution in [1.82, 2.24) is 0 Å². The van der Waals surface area contributed by atoms with Crippen molar-refractivity contribution < 1.29 is 18.8 Å². The maximum atomic E-state index is 11.1. The van der Waals surface area contributed by atoms with E-state index in [0.29, 0.717) is 5.57 Å². The lowest BCUT2D eigenvalue weighted by molar-refractivity contribution is -0.137. The molecule has 0 fully saturated rings. The van der Waals surface area contributed by atoms with Gasteiger partial charge in [-0.1, -0.05) is 6.58 Å². The van der Waals surface area contributed by atoms with Crippen LogP contribution >= 0.6 is 0 Å². The van der Waals surface area contributed by atoms with E-state index in [2.05, 4.69) is 6.58 Å². The minimum Gasteiger partial charge on any atom is -0.463 e. The van der Waals surface area contributed by atoms with E-state index in [1.54, 1.807) is 6.92 Å². The van der Waals surface area contributed by atoms with Crippen LogP contribution in [0, 0.1) is 0 Å². The summed E-state index contributed by atoms with van der Waals surface area (Å²) in [6.07, 6.45) is 0.134. The smallest absolute Gasteiger partial charge is 0.332 e. The molecule has 0 aliphatic carbocycles. The van der Waals surface area contributed by atoms with Gasteiger partial charge in [-0.2, -0.15) is 0 Å². The van der Waals surface area contributed by atoms with E-state index >= 15 is 0 Å². The molecule has 1 radical (unpaired) electrons. The number of hydrogen-bond acceptors (Lipinski definition) is 4. The fourth-order valence-electron chi connectivity index (χ4n) is 0.810. The molecule has 0 aliphatic heterocycles. The molecule has 0 aliphatic rings. The van der Waals surface area contributed by atoms with Gasteiger partial charge in [-0.3, -0.25) is 0 Å². The van der Waals surface area contributed by atoms with Crippen LogP contribution in [0.4, 0.5) is 0 Å². The number of hydrogen-bond donors (Lipinski definition) is 1. The Labute approximate surface area is 93.8 Å². The Kier molecular flexibility index (Phi) is 6.03. The molecule has 0 saturated carbocycles. The van der Waals surface area contributed by atoms with Crippen LogP contribution in [0.2, 0.25) is 19.6 Å². The van der Waals surface area contributed by atoms with Gasteiger partial charge in [-0.05, 0) is 26.6 Å². The van der Waals surface area contributed by atoms with E-state index < -0.39 is 23.3 Å². The van der Waals surface area contributed by atoms with Gasteiger partial charge in [-0.15, -0.1) is 0 Å². The van der Waals surface area contributed by atoms with Crippen LogP contribution in [0.25, 0.3) is 0 Å². The van der Waals surface area contributed by atoms with Gasteiger partial charge in [0, 0.05) is 5.57 Å². The number of carbonyl (C=O) groups is 1. The van der Waals surface area contributed by atoms with E-state index in [1.807, 2.05) is 19.6 Å². The molecule has 0 aromatic carbocycles. The van der Waals surface area contributed by atoms with E-state index in [1.165, 1.54) is 0 Å². The molecule has 1 N–H and O–H groups in total. The summed E-state index contributed by atoms with van der Waals surface area (Å²) in [7, 11) is -3.11. The number of ether oxygens (including phenoxy) is 1. The largest absolute Gasteiger partial charge is 0.463 e. The molecule has 0 atom stereocenters. The maximum absolute atomic E-state index is 11.1. The summed E-state index contributed by atoms with van der Waals surface area (Å²) in [6.45, 7) is 11.2. The van der Waals surface area contributed by atoms with Crippen molar-refractivity contribution in [2.24, 2.45) is 0 Å². The van der Waals surface area contributed by atoms with Gasteiger partial charge >= 0.3 is 5.97 Å². The summed E-state index contributed by atoms with van der Waals surface area (Å²) in [5, 5.41) is 9.07. The van der Waals surface area contributed by atoms with Gasteiger partial charge in [0.15, 0.2) is 8.32 Å². The molecular formula is C9H19O4Si2. The molecule has 4 nitrogen and oxygen atoms in total. The monoisotopic (exact) mass is 247 g/mol. The Hall–Kier alpha value is -0.436. The first-order chi connectivity index (χ1) is 6.76. The molecule has 0 bridgehead atoms. The zero-order chi connectivity index (χ0) is 12.1. The molecule has 0 heterocycles. The first kappa shape index (κ1) is 14.6. The molecule has 0 rings (SSSR count). The Bertz CT molecular complexity index is 235. The minimum absolute atomic E-state index is 0.0432. The first-order valence-corrected chi connectivity index (χ1v) is 9.96. The quantitative estimate of drug-likeness (QED) is 0.432. The van der Waals surface area contributed by atoms with Gasteiger partial charge in [0.05, 0.1) is 6.23 Å². The second-order valence-electron chi connectivity index (χ2n) is 4.27. The van der Waals surface area contributed by atoms with Gasteiger partial charge in [0.2, 0.25) is 0 Å². The number of aliphatic hydroxyl groups is 1. The van der Waals surface area contributed by atoms with Crippen molar-refractivity contribution in [1.29, 1.82) is 0 Å². The highest BCUT2D eigenvalue weighted by Gasteiger charge is 2.24. The Morgan fingerprint density at radius 2 is 2.00 bits per heavy atom. The van der Waals surface area contributed by atoms with Gasteiger partial charge < -0.3 is 14.0 Å². The number of carbonyl (C=O) groups excluding carboxylic acids is 1. The van der Waals surface area contributed by atoms with Gasteiger partial charge in [0.1, 0.15) is 6.23 Å². The van der Waals surface area contributed by atoms with Crippen LogP contribution in [-0.2, 0) is 13.6 Å². The lowest BCUT2D eigenvalue weighted by Gasteiger charge is -2.23. The van der Waals surface area contributed by atoms with Crippen molar-refractivity contribution in [2.45, 2.75) is 26.6 Å². The van der Waals surface area contributed by atoms with E-state index in [0.717, 1.165) is 0 Å². The summed E-state index contributed by atoms with van der Waals surface area (Å²) in [4.78, 5) is 11.1. The van der Waals surface area contributed by atoms with Crippen LogP contribution in [0.5, 0.6) is 0 Å². The van der Waals surface area contributed by atoms with Crippen LogP contribution < -0.4 is 0 Å².